The van der Waals surface area contributed by atoms with E-state index in [0.29, 0.717) is 23.6 Å². The molecule has 58 heavy (non-hydrogen) atoms. The van der Waals surface area contributed by atoms with Gasteiger partial charge in [0.15, 0.2) is 9.84 Å². The van der Waals surface area contributed by atoms with Gasteiger partial charge in [0.05, 0.1) is 43.7 Å². The van der Waals surface area contributed by atoms with E-state index in [2.05, 4.69) is 9.65 Å². The van der Waals surface area contributed by atoms with Gasteiger partial charge in [0.2, 0.25) is 0 Å². The number of ether oxygens (including phenoxy) is 4. The van der Waals surface area contributed by atoms with Crippen molar-refractivity contribution in [2.24, 2.45) is 0 Å². The lowest BCUT2D eigenvalue weighted by Crippen LogP contribution is -2.38. The molecule has 0 spiro atoms. The molecule has 15 heteroatoms. The van der Waals surface area contributed by atoms with Crippen LogP contribution in [0.15, 0.2) is 130 Å². The minimum absolute atomic E-state index is 0.00359. The van der Waals surface area contributed by atoms with Crippen molar-refractivity contribution in [2.75, 3.05) is 33.1 Å². The SMILES string of the molecule is COc1ccc(C(OC[C@@H]2O[C@H](n3cc(C)c(=O)[nH]c3=O)C[C@H]2O[P@]2O[C@H](CS(=O)(=O)c3ccccc3)[C@@H]3CCCN32)(c2ccccc2)c2ccc(OC)cc2)cc1. The Hall–Kier alpha value is -4.66. The zero-order chi connectivity index (χ0) is 40.4. The molecule has 0 bridgehead atoms. The molecular weight excluding hydrogens is 782 g/mol. The maximum absolute atomic E-state index is 13.5. The van der Waals surface area contributed by atoms with Crippen LogP contribution in [0.3, 0.4) is 0 Å². The molecule has 0 saturated carbocycles. The predicted octanol–water partition coefficient (Wildman–Crippen LogP) is 6.11. The van der Waals surface area contributed by atoms with Gasteiger partial charge in [-0.2, -0.15) is 0 Å². The minimum atomic E-state index is -3.64. The molecule has 0 radical (unpaired) electrons. The highest BCUT2D eigenvalue weighted by molar-refractivity contribution is 7.91. The van der Waals surface area contributed by atoms with Crippen LogP contribution in [0.1, 0.15) is 47.7 Å². The number of benzene rings is 4. The molecule has 5 aromatic rings. The van der Waals surface area contributed by atoms with Crippen molar-refractivity contribution in [3.63, 3.8) is 0 Å². The summed E-state index contributed by atoms with van der Waals surface area (Å²) < 4.78 is 69.0. The molecule has 13 nitrogen and oxygen atoms in total. The highest BCUT2D eigenvalue weighted by Gasteiger charge is 2.51. The quantitative estimate of drug-likeness (QED) is 0.102. The highest BCUT2D eigenvalue weighted by atomic mass is 32.2. The van der Waals surface area contributed by atoms with E-state index < -0.39 is 59.8 Å². The van der Waals surface area contributed by atoms with Crippen molar-refractivity contribution in [2.45, 2.75) is 67.3 Å². The molecule has 1 N–H and O–H groups in total. The molecule has 6 atom stereocenters. The van der Waals surface area contributed by atoms with Gasteiger partial charge in [-0.25, -0.2) is 17.9 Å². The largest absolute Gasteiger partial charge is 0.497 e. The van der Waals surface area contributed by atoms with Crippen molar-refractivity contribution in [3.8, 4) is 11.5 Å². The van der Waals surface area contributed by atoms with E-state index >= 15 is 0 Å². The summed E-state index contributed by atoms with van der Waals surface area (Å²) in [4.78, 5) is 28.2. The summed E-state index contributed by atoms with van der Waals surface area (Å²) >= 11 is 0. The number of hydrogen-bond acceptors (Lipinski definition) is 11. The fraction of sp³-hybridized carbons (Fsp3) is 0.349. The average Bonchev–Trinajstić information content (AvgIpc) is 3.98. The number of methoxy groups -OCH3 is 2. The first-order chi connectivity index (χ1) is 28.1. The van der Waals surface area contributed by atoms with Gasteiger partial charge >= 0.3 is 5.69 Å². The molecule has 0 aliphatic carbocycles. The molecule has 304 valence electrons. The number of rotatable bonds is 14. The highest BCUT2D eigenvalue weighted by Crippen LogP contribution is 2.58. The molecular formula is C43H46N3O10PS. The van der Waals surface area contributed by atoms with Crippen LogP contribution in [0, 0.1) is 6.92 Å². The monoisotopic (exact) mass is 827 g/mol. The van der Waals surface area contributed by atoms with Gasteiger partial charge < -0.3 is 28.0 Å². The Labute approximate surface area is 338 Å². The molecule has 4 heterocycles. The van der Waals surface area contributed by atoms with Crippen molar-refractivity contribution in [3.05, 3.63) is 158 Å². The number of hydrogen-bond donors (Lipinski definition) is 1. The first-order valence-electron chi connectivity index (χ1n) is 19.2. The average molecular weight is 828 g/mol. The summed E-state index contributed by atoms with van der Waals surface area (Å²) in [5.74, 6) is 1.20. The van der Waals surface area contributed by atoms with Crippen LogP contribution in [-0.4, -0.2) is 80.1 Å². The third kappa shape index (κ3) is 7.90. The van der Waals surface area contributed by atoms with Crippen molar-refractivity contribution >= 4 is 18.4 Å². The van der Waals surface area contributed by atoms with E-state index in [1.165, 1.54) is 10.8 Å². The molecule has 3 aliphatic heterocycles. The minimum Gasteiger partial charge on any atom is -0.497 e. The maximum Gasteiger partial charge on any atom is 0.330 e. The Morgan fingerprint density at radius 3 is 2.05 bits per heavy atom. The number of H-pyrrole nitrogens is 1. The van der Waals surface area contributed by atoms with Crippen LogP contribution in [0.5, 0.6) is 11.5 Å². The zero-order valence-electron chi connectivity index (χ0n) is 32.4. The number of aromatic amines is 1. The van der Waals surface area contributed by atoms with Gasteiger partial charge in [-0.05, 0) is 72.9 Å². The Morgan fingerprint density at radius 1 is 0.828 bits per heavy atom. The van der Waals surface area contributed by atoms with E-state index in [-0.39, 0.29) is 29.7 Å². The summed E-state index contributed by atoms with van der Waals surface area (Å²) in [6.45, 7) is 2.33. The number of nitrogens with zero attached hydrogens (tertiary/aromatic N) is 2. The normalized spacial score (nSPS) is 23.5. The number of aromatic nitrogens is 2. The van der Waals surface area contributed by atoms with Gasteiger partial charge in [-0.15, -0.1) is 0 Å². The van der Waals surface area contributed by atoms with Crippen LogP contribution in [-0.2, 0) is 34.0 Å². The fourth-order valence-corrected chi connectivity index (χ4v) is 11.7. The third-order valence-electron chi connectivity index (χ3n) is 11.1. The Kier molecular flexibility index (Phi) is 11.7. The Balaban J connectivity index is 1.14. The van der Waals surface area contributed by atoms with Crippen LogP contribution >= 0.6 is 8.53 Å². The van der Waals surface area contributed by atoms with Crippen LogP contribution in [0.4, 0.5) is 0 Å². The maximum atomic E-state index is 13.5. The van der Waals surface area contributed by atoms with Gasteiger partial charge in [-0.3, -0.25) is 14.3 Å². The Morgan fingerprint density at radius 2 is 1.43 bits per heavy atom. The molecule has 4 aromatic carbocycles. The molecule has 1 aromatic heterocycles. The summed E-state index contributed by atoms with van der Waals surface area (Å²) in [6.07, 6.45) is 0.600. The lowest BCUT2D eigenvalue weighted by molar-refractivity contribution is -0.0920. The summed E-state index contributed by atoms with van der Waals surface area (Å²) in [5, 5.41) is 0. The van der Waals surface area contributed by atoms with E-state index in [1.807, 2.05) is 78.9 Å². The van der Waals surface area contributed by atoms with Crippen molar-refractivity contribution in [1.29, 1.82) is 0 Å². The number of sulfone groups is 1. The lowest BCUT2D eigenvalue weighted by atomic mass is 9.80. The van der Waals surface area contributed by atoms with E-state index in [0.717, 1.165) is 29.5 Å². The fourth-order valence-electron chi connectivity index (χ4n) is 8.10. The van der Waals surface area contributed by atoms with Gasteiger partial charge in [0.25, 0.3) is 14.1 Å². The molecule has 3 saturated heterocycles. The van der Waals surface area contributed by atoms with Gasteiger partial charge in [-0.1, -0.05) is 72.8 Å². The first kappa shape index (κ1) is 40.1. The smallest absolute Gasteiger partial charge is 0.330 e. The third-order valence-corrected chi connectivity index (χ3v) is 14.7. The predicted molar refractivity (Wildman–Crippen MR) is 218 cm³/mol. The number of fused-ring (bicyclic) bond motifs is 1. The second kappa shape index (κ2) is 16.9. The Bertz CT molecular complexity index is 2370. The summed E-state index contributed by atoms with van der Waals surface area (Å²) in [7, 11) is -2.11. The van der Waals surface area contributed by atoms with Crippen LogP contribution in [0.25, 0.3) is 0 Å². The number of nitrogens with one attached hydrogen (secondary N) is 1. The zero-order valence-corrected chi connectivity index (χ0v) is 34.1. The van der Waals surface area contributed by atoms with Crippen LogP contribution in [0.2, 0.25) is 0 Å². The van der Waals surface area contributed by atoms with E-state index in [9.17, 15) is 18.0 Å². The van der Waals surface area contributed by atoms with Crippen molar-refractivity contribution in [1.82, 2.24) is 14.2 Å². The van der Waals surface area contributed by atoms with E-state index in [4.69, 9.17) is 28.0 Å². The topological polar surface area (TPSA) is 148 Å². The number of aryl methyl sites for hydroxylation is 1. The van der Waals surface area contributed by atoms with Crippen LogP contribution < -0.4 is 20.7 Å². The standard InChI is InChI=1S/C43H46N3O10PS/c1-29-26-45(42(48)44-41(29)47)40-25-37(55-57-46-24-10-15-36(46)39(56-57)28-58(49,50)35-13-8-5-9-14-35)38(54-40)27-53-43(30-11-6-4-7-12-30,31-16-20-33(51-2)21-17-31)32-18-22-34(52-3)23-19-32/h4-9,11-14,16-23,26,36-40H,10,15,24-25,27-28H2,1-3H3,(H,44,47,48)/t36-,37+,38-,39+,40-,57+/m0/s1. The molecule has 0 unspecified atom stereocenters. The lowest BCUT2D eigenvalue weighted by Gasteiger charge is -2.37. The summed E-state index contributed by atoms with van der Waals surface area (Å²) in [5.41, 5.74) is 0.625. The first-order valence-corrected chi connectivity index (χ1v) is 22.0. The molecule has 0 amide bonds. The summed E-state index contributed by atoms with van der Waals surface area (Å²) in [6, 6.07) is 33.6. The molecule has 3 fully saturated rings. The molecule has 8 rings (SSSR count). The van der Waals surface area contributed by atoms with Crippen molar-refractivity contribution < 1.29 is 36.4 Å². The second-order valence-corrected chi connectivity index (χ2v) is 18.1. The van der Waals surface area contributed by atoms with Gasteiger partial charge in [0, 0.05) is 30.8 Å². The molecule has 3 aliphatic rings. The second-order valence-electron chi connectivity index (χ2n) is 14.7. The van der Waals surface area contributed by atoms with E-state index in [1.54, 1.807) is 51.5 Å². The van der Waals surface area contributed by atoms with Gasteiger partial charge in [0.1, 0.15) is 29.4 Å².